The average molecular weight is 313 g/mol. The molecule has 0 saturated carbocycles. The second-order valence-corrected chi connectivity index (χ2v) is 5.40. The van der Waals surface area contributed by atoms with E-state index in [1.54, 1.807) is 31.4 Å². The number of carbonyl (C=O) groups is 1. The molecule has 2 aromatic carbocycles. The molecule has 23 heavy (non-hydrogen) atoms. The molecule has 1 aliphatic rings. The number of methoxy groups -OCH3 is 1. The molecule has 0 aliphatic carbocycles. The lowest BCUT2D eigenvalue weighted by molar-refractivity contribution is 0.0606. The molecule has 2 aromatic rings. The highest BCUT2D eigenvalue weighted by molar-refractivity contribution is 5.94. The molecule has 0 aromatic heterocycles. The summed E-state index contributed by atoms with van der Waals surface area (Å²) in [6, 6.07) is 14.3. The lowest BCUT2D eigenvalue weighted by Gasteiger charge is -2.30. The van der Waals surface area contributed by atoms with Gasteiger partial charge in [-0.1, -0.05) is 12.1 Å². The van der Waals surface area contributed by atoms with Crippen molar-refractivity contribution >= 4 is 5.91 Å². The predicted molar refractivity (Wildman–Crippen MR) is 86.3 cm³/mol. The quantitative estimate of drug-likeness (QED) is 0.943. The van der Waals surface area contributed by atoms with Crippen molar-refractivity contribution in [3.05, 3.63) is 54.1 Å². The number of para-hydroxylation sites is 2. The van der Waals surface area contributed by atoms with Gasteiger partial charge in [-0.25, -0.2) is 0 Å². The molecular weight excluding hydrogens is 294 g/mol. The summed E-state index contributed by atoms with van der Waals surface area (Å²) in [7, 11) is 1.59. The van der Waals surface area contributed by atoms with Crippen molar-refractivity contribution in [2.75, 3.05) is 13.7 Å². The van der Waals surface area contributed by atoms with E-state index in [-0.39, 0.29) is 18.1 Å². The van der Waals surface area contributed by atoms with Gasteiger partial charge < -0.3 is 19.5 Å². The van der Waals surface area contributed by atoms with E-state index in [2.05, 4.69) is 5.32 Å². The van der Waals surface area contributed by atoms with Gasteiger partial charge in [0.2, 0.25) is 0 Å². The fraction of sp³-hybridized carbons (Fsp3) is 0.278. The van der Waals surface area contributed by atoms with Crippen LogP contribution >= 0.6 is 0 Å². The molecular formula is C18H19NO4. The molecule has 0 saturated heterocycles. The second-order valence-electron chi connectivity index (χ2n) is 5.40. The number of hydrogen-bond acceptors (Lipinski definition) is 4. The third-order valence-corrected chi connectivity index (χ3v) is 3.80. The number of fused-ring (bicyclic) bond motifs is 1. The number of nitrogens with one attached hydrogen (secondary N) is 1. The van der Waals surface area contributed by atoms with E-state index in [0.717, 1.165) is 11.5 Å². The minimum absolute atomic E-state index is 0.150. The zero-order valence-electron chi connectivity index (χ0n) is 13.1. The fourth-order valence-electron chi connectivity index (χ4n) is 2.41. The third kappa shape index (κ3) is 3.39. The number of rotatable bonds is 4. The molecule has 120 valence electrons. The van der Waals surface area contributed by atoms with Gasteiger partial charge >= 0.3 is 0 Å². The Bertz CT molecular complexity index is 684. The standard InChI is InChI=1S/C18H19NO4/c1-12(17-11-22-15-5-3-4-6-16(15)23-17)19-18(20)13-7-9-14(21-2)10-8-13/h3-10,12,17H,11H2,1-2H3,(H,19,20)/t12-,17+/m0/s1. The van der Waals surface area contributed by atoms with Crippen LogP contribution in [-0.4, -0.2) is 31.8 Å². The maximum absolute atomic E-state index is 12.3. The van der Waals surface area contributed by atoms with E-state index in [1.165, 1.54) is 0 Å². The first-order chi connectivity index (χ1) is 11.2. The van der Waals surface area contributed by atoms with E-state index < -0.39 is 0 Å². The molecule has 0 fully saturated rings. The van der Waals surface area contributed by atoms with Gasteiger partial charge in [-0.05, 0) is 43.3 Å². The SMILES string of the molecule is COc1ccc(C(=O)N[C@@H](C)[C@H]2COc3ccccc3O2)cc1. The first kappa shape index (κ1) is 15.2. The van der Waals surface area contributed by atoms with Crippen LogP contribution < -0.4 is 19.5 Å². The highest BCUT2D eigenvalue weighted by Gasteiger charge is 2.27. The third-order valence-electron chi connectivity index (χ3n) is 3.80. The van der Waals surface area contributed by atoms with Gasteiger partial charge in [0.1, 0.15) is 12.4 Å². The van der Waals surface area contributed by atoms with Crippen molar-refractivity contribution in [2.45, 2.75) is 19.1 Å². The Balaban J connectivity index is 1.62. The zero-order chi connectivity index (χ0) is 16.2. The van der Waals surface area contributed by atoms with Gasteiger partial charge in [0.15, 0.2) is 17.6 Å². The van der Waals surface area contributed by atoms with Crippen LogP contribution in [0.3, 0.4) is 0 Å². The lowest BCUT2D eigenvalue weighted by Crippen LogP contribution is -2.48. The average Bonchev–Trinajstić information content (AvgIpc) is 2.61. The number of benzene rings is 2. The van der Waals surface area contributed by atoms with Crippen LogP contribution in [0.4, 0.5) is 0 Å². The maximum atomic E-state index is 12.3. The van der Waals surface area contributed by atoms with Gasteiger partial charge in [0, 0.05) is 5.56 Å². The number of carbonyl (C=O) groups excluding carboxylic acids is 1. The summed E-state index contributed by atoms with van der Waals surface area (Å²) in [6.07, 6.45) is -0.230. The van der Waals surface area contributed by atoms with Gasteiger partial charge in [0.25, 0.3) is 5.91 Å². The van der Waals surface area contributed by atoms with Crippen LogP contribution in [0.1, 0.15) is 17.3 Å². The molecule has 1 N–H and O–H groups in total. The summed E-state index contributed by atoms with van der Waals surface area (Å²) in [5.74, 6) is 2.00. The molecule has 1 aliphatic heterocycles. The van der Waals surface area contributed by atoms with Gasteiger partial charge in [-0.2, -0.15) is 0 Å². The van der Waals surface area contributed by atoms with E-state index in [1.807, 2.05) is 31.2 Å². The summed E-state index contributed by atoms with van der Waals surface area (Å²) in [5.41, 5.74) is 0.578. The van der Waals surface area contributed by atoms with E-state index in [0.29, 0.717) is 17.9 Å². The summed E-state index contributed by atoms with van der Waals surface area (Å²) in [4.78, 5) is 12.3. The topological polar surface area (TPSA) is 56.8 Å². The summed E-state index contributed by atoms with van der Waals surface area (Å²) >= 11 is 0. The van der Waals surface area contributed by atoms with Crippen molar-refractivity contribution in [1.82, 2.24) is 5.32 Å². The Labute approximate surface area is 135 Å². The van der Waals surface area contributed by atoms with Crippen molar-refractivity contribution in [1.29, 1.82) is 0 Å². The van der Waals surface area contributed by atoms with Crippen molar-refractivity contribution in [3.8, 4) is 17.2 Å². The Kier molecular flexibility index (Phi) is 4.37. The second kappa shape index (κ2) is 6.60. The number of hydrogen-bond donors (Lipinski definition) is 1. The molecule has 0 spiro atoms. The van der Waals surface area contributed by atoms with Gasteiger partial charge in [-0.15, -0.1) is 0 Å². The van der Waals surface area contributed by atoms with Gasteiger partial charge in [-0.3, -0.25) is 4.79 Å². The highest BCUT2D eigenvalue weighted by atomic mass is 16.6. The summed E-state index contributed by atoms with van der Waals surface area (Å²) in [6.45, 7) is 2.31. The van der Waals surface area contributed by atoms with Crippen LogP contribution in [0, 0.1) is 0 Å². The van der Waals surface area contributed by atoms with Gasteiger partial charge in [0.05, 0.1) is 13.2 Å². The first-order valence-corrected chi connectivity index (χ1v) is 7.51. The molecule has 0 unspecified atom stereocenters. The molecule has 2 atom stereocenters. The van der Waals surface area contributed by atoms with E-state index in [9.17, 15) is 4.79 Å². The predicted octanol–water partition coefficient (Wildman–Crippen LogP) is 2.65. The Morgan fingerprint density at radius 3 is 2.57 bits per heavy atom. The highest BCUT2D eigenvalue weighted by Crippen LogP contribution is 2.31. The number of amides is 1. The Morgan fingerprint density at radius 2 is 1.87 bits per heavy atom. The Morgan fingerprint density at radius 1 is 1.17 bits per heavy atom. The minimum Gasteiger partial charge on any atom is -0.497 e. The molecule has 3 rings (SSSR count). The number of ether oxygens (including phenoxy) is 3. The van der Waals surface area contributed by atoms with Crippen molar-refractivity contribution in [3.63, 3.8) is 0 Å². The molecule has 5 nitrogen and oxygen atoms in total. The normalized spacial score (nSPS) is 17.2. The van der Waals surface area contributed by atoms with E-state index in [4.69, 9.17) is 14.2 Å². The lowest BCUT2D eigenvalue weighted by atomic mass is 10.1. The molecule has 0 radical (unpaired) electrons. The zero-order valence-corrected chi connectivity index (χ0v) is 13.1. The van der Waals surface area contributed by atoms with Crippen molar-refractivity contribution in [2.24, 2.45) is 0 Å². The van der Waals surface area contributed by atoms with E-state index >= 15 is 0 Å². The maximum Gasteiger partial charge on any atom is 0.251 e. The minimum atomic E-state index is -0.230. The Hall–Kier alpha value is -2.69. The smallest absolute Gasteiger partial charge is 0.251 e. The molecule has 1 amide bonds. The largest absolute Gasteiger partial charge is 0.497 e. The van der Waals surface area contributed by atoms with Crippen LogP contribution in [0.25, 0.3) is 0 Å². The summed E-state index contributed by atoms with van der Waals surface area (Å²) in [5, 5.41) is 2.95. The molecule has 5 heteroatoms. The van der Waals surface area contributed by atoms with Crippen molar-refractivity contribution < 1.29 is 19.0 Å². The fourth-order valence-corrected chi connectivity index (χ4v) is 2.41. The van der Waals surface area contributed by atoms with Crippen LogP contribution in [-0.2, 0) is 0 Å². The molecule has 1 heterocycles. The van der Waals surface area contributed by atoms with Crippen LogP contribution in [0.5, 0.6) is 17.2 Å². The monoisotopic (exact) mass is 313 g/mol. The van der Waals surface area contributed by atoms with Crippen LogP contribution in [0.2, 0.25) is 0 Å². The van der Waals surface area contributed by atoms with Crippen LogP contribution in [0.15, 0.2) is 48.5 Å². The summed E-state index contributed by atoms with van der Waals surface area (Å²) < 4.78 is 16.7. The molecule has 0 bridgehead atoms. The first-order valence-electron chi connectivity index (χ1n) is 7.51.